The molecule has 0 aliphatic rings. The van der Waals surface area contributed by atoms with Crippen molar-refractivity contribution < 1.29 is 14.0 Å². The molecule has 41 heavy (non-hydrogen) atoms. The molecule has 4 rings (SSSR count). The second-order valence-corrected chi connectivity index (χ2v) is 11.0. The highest BCUT2D eigenvalue weighted by molar-refractivity contribution is 6.31. The zero-order valence-corrected chi connectivity index (χ0v) is 24.2. The van der Waals surface area contributed by atoms with Gasteiger partial charge < -0.3 is 19.8 Å². The normalized spacial score (nSPS) is 12.3. The summed E-state index contributed by atoms with van der Waals surface area (Å²) in [6.45, 7) is 6.08. The second-order valence-electron chi connectivity index (χ2n) is 10.6. The predicted octanol–water partition coefficient (Wildman–Crippen LogP) is 4.96. The van der Waals surface area contributed by atoms with E-state index in [1.165, 1.54) is 6.07 Å². The van der Waals surface area contributed by atoms with Crippen molar-refractivity contribution in [3.63, 3.8) is 0 Å². The van der Waals surface area contributed by atoms with Crippen LogP contribution in [0, 0.1) is 0 Å². The summed E-state index contributed by atoms with van der Waals surface area (Å²) >= 11 is 6.52. The molecule has 0 spiro atoms. The first-order chi connectivity index (χ1) is 19.3. The highest BCUT2D eigenvalue weighted by atomic mass is 35.5. The number of aryl methyl sites for hydroxylation is 1. The third-order valence-electron chi connectivity index (χ3n) is 6.58. The monoisotopic (exact) mass is 578 g/mol. The summed E-state index contributed by atoms with van der Waals surface area (Å²) in [7, 11) is 1.83. The Morgan fingerprint density at radius 2 is 1.68 bits per heavy atom. The van der Waals surface area contributed by atoms with Gasteiger partial charge in [-0.2, -0.15) is 0 Å². The molecule has 0 radical (unpaired) electrons. The summed E-state index contributed by atoms with van der Waals surface area (Å²) in [6, 6.07) is 14.3. The van der Waals surface area contributed by atoms with Gasteiger partial charge in [-0.3, -0.25) is 14.4 Å². The molecule has 0 aliphatic heterocycles. The number of nitrogens with one attached hydrogen (secondary N) is 2. The van der Waals surface area contributed by atoms with Crippen LogP contribution in [0.4, 0.5) is 10.1 Å². The molecule has 0 fully saturated rings. The number of halogens is 2. The fourth-order valence-electron chi connectivity index (χ4n) is 4.22. The van der Waals surface area contributed by atoms with E-state index < -0.39 is 23.5 Å². The Labute approximate surface area is 242 Å². The average molecular weight is 579 g/mol. The molecule has 0 unspecified atom stereocenters. The number of pyridine rings is 1. The van der Waals surface area contributed by atoms with Crippen LogP contribution in [-0.2, 0) is 23.1 Å². The molecule has 0 saturated heterocycles. The third kappa shape index (κ3) is 7.07. The van der Waals surface area contributed by atoms with Crippen molar-refractivity contribution in [2.75, 3.05) is 5.32 Å². The van der Waals surface area contributed by atoms with E-state index >= 15 is 0 Å². The molecule has 214 valence electrons. The maximum absolute atomic E-state index is 14.5. The molecular formula is C30H32ClFN6O3. The SMILES string of the molecule is CC(C)n1cc(-c2ccc(Cl)c(C[C@H](NC(=O)C(C)(C)F)C(=O)Nc3ccc(-c4nncn4C)cc3)c2)ccc1=O. The van der Waals surface area contributed by atoms with Gasteiger partial charge in [-0.1, -0.05) is 17.7 Å². The van der Waals surface area contributed by atoms with E-state index in [2.05, 4.69) is 20.8 Å². The van der Waals surface area contributed by atoms with Crippen LogP contribution in [0.15, 0.2) is 71.9 Å². The number of alkyl halides is 1. The lowest BCUT2D eigenvalue weighted by atomic mass is 9.99. The van der Waals surface area contributed by atoms with E-state index in [1.807, 2.05) is 27.0 Å². The number of benzene rings is 2. The Balaban J connectivity index is 1.61. The van der Waals surface area contributed by atoms with E-state index in [4.69, 9.17) is 11.6 Å². The van der Waals surface area contributed by atoms with Crippen molar-refractivity contribution in [3.8, 4) is 22.5 Å². The smallest absolute Gasteiger partial charge is 0.257 e. The summed E-state index contributed by atoms with van der Waals surface area (Å²) in [5.74, 6) is -0.799. The number of rotatable bonds is 9. The first-order valence-electron chi connectivity index (χ1n) is 13.1. The number of nitrogens with zero attached hydrogens (tertiary/aromatic N) is 4. The lowest BCUT2D eigenvalue weighted by molar-refractivity contribution is -0.133. The van der Waals surface area contributed by atoms with E-state index in [-0.39, 0.29) is 18.0 Å². The molecule has 11 heteroatoms. The highest BCUT2D eigenvalue weighted by Gasteiger charge is 2.31. The van der Waals surface area contributed by atoms with Gasteiger partial charge in [-0.25, -0.2) is 4.39 Å². The lowest BCUT2D eigenvalue weighted by Gasteiger charge is -2.23. The van der Waals surface area contributed by atoms with Crippen molar-refractivity contribution >= 4 is 29.1 Å². The van der Waals surface area contributed by atoms with E-state index in [0.717, 1.165) is 30.5 Å². The molecule has 4 aromatic rings. The third-order valence-corrected chi connectivity index (χ3v) is 6.95. The highest BCUT2D eigenvalue weighted by Crippen LogP contribution is 2.27. The maximum atomic E-state index is 14.5. The number of carbonyl (C=O) groups is 2. The van der Waals surface area contributed by atoms with Crippen LogP contribution >= 0.6 is 11.6 Å². The van der Waals surface area contributed by atoms with Gasteiger partial charge in [0.25, 0.3) is 11.5 Å². The first kappa shape index (κ1) is 29.7. The molecule has 2 aromatic heterocycles. The summed E-state index contributed by atoms with van der Waals surface area (Å²) < 4.78 is 17.9. The molecule has 0 bridgehead atoms. The summed E-state index contributed by atoms with van der Waals surface area (Å²) in [6.07, 6.45) is 3.36. The van der Waals surface area contributed by atoms with Gasteiger partial charge in [0.05, 0.1) is 0 Å². The number of anilines is 1. The molecule has 0 aliphatic carbocycles. The van der Waals surface area contributed by atoms with Gasteiger partial charge in [0.1, 0.15) is 12.4 Å². The van der Waals surface area contributed by atoms with Crippen LogP contribution in [0.5, 0.6) is 0 Å². The average Bonchev–Trinajstić information content (AvgIpc) is 3.35. The molecule has 2 N–H and O–H groups in total. The zero-order valence-electron chi connectivity index (χ0n) is 23.5. The van der Waals surface area contributed by atoms with Crippen molar-refractivity contribution in [2.45, 2.75) is 51.9 Å². The Bertz CT molecular complexity index is 1620. The van der Waals surface area contributed by atoms with Crippen LogP contribution in [0.3, 0.4) is 0 Å². The Hall–Kier alpha value is -4.31. The van der Waals surface area contributed by atoms with Crippen LogP contribution < -0.4 is 16.2 Å². The summed E-state index contributed by atoms with van der Waals surface area (Å²) in [5, 5.41) is 13.7. The number of aromatic nitrogens is 4. The van der Waals surface area contributed by atoms with Gasteiger partial charge in [0.15, 0.2) is 11.5 Å². The van der Waals surface area contributed by atoms with Crippen molar-refractivity contribution in [2.24, 2.45) is 7.05 Å². The van der Waals surface area contributed by atoms with E-state index in [1.54, 1.807) is 64.1 Å². The van der Waals surface area contributed by atoms with Crippen molar-refractivity contribution in [3.05, 3.63) is 88.1 Å². The van der Waals surface area contributed by atoms with Gasteiger partial charge in [0, 0.05) is 48.0 Å². The Kier molecular flexibility index (Phi) is 8.72. The molecule has 1 atom stereocenters. The minimum absolute atomic E-state index is 0.00116. The largest absolute Gasteiger partial charge is 0.341 e. The molecular weight excluding hydrogens is 547 g/mol. The maximum Gasteiger partial charge on any atom is 0.257 e. The van der Waals surface area contributed by atoms with E-state index in [9.17, 15) is 18.8 Å². The van der Waals surface area contributed by atoms with Gasteiger partial charge in [0.2, 0.25) is 5.91 Å². The molecule has 2 heterocycles. The van der Waals surface area contributed by atoms with Gasteiger partial charge in [-0.05, 0) is 86.8 Å². The molecule has 0 saturated carbocycles. The van der Waals surface area contributed by atoms with Crippen LogP contribution in [0.25, 0.3) is 22.5 Å². The second kappa shape index (κ2) is 12.1. The minimum atomic E-state index is -2.20. The van der Waals surface area contributed by atoms with E-state index in [0.29, 0.717) is 22.1 Å². The fraction of sp³-hybridized carbons (Fsp3) is 0.300. The zero-order chi connectivity index (χ0) is 29.9. The Morgan fingerprint density at radius 1 is 1.02 bits per heavy atom. The number of hydrogen-bond donors (Lipinski definition) is 2. The number of amides is 2. The van der Waals surface area contributed by atoms with Gasteiger partial charge >= 0.3 is 0 Å². The molecule has 9 nitrogen and oxygen atoms in total. The summed E-state index contributed by atoms with van der Waals surface area (Å²) in [5.41, 5.74) is 1.10. The van der Waals surface area contributed by atoms with Crippen molar-refractivity contribution in [1.29, 1.82) is 0 Å². The predicted molar refractivity (Wildman–Crippen MR) is 157 cm³/mol. The standard InChI is InChI=1S/C30H32ClFN6O3/c1-18(2)38-16-21(9-13-26(38)39)20-8-12-24(31)22(14-20)15-25(35-29(41)30(3,4)32)28(40)34-23-10-6-19(7-11-23)27-36-33-17-37(27)5/h6-14,16-18,25H,15H2,1-5H3,(H,34,40)(H,35,41)/t25-/m0/s1. The number of hydrogen-bond acceptors (Lipinski definition) is 5. The van der Waals surface area contributed by atoms with Crippen LogP contribution in [0.2, 0.25) is 5.02 Å². The quantitative estimate of drug-likeness (QED) is 0.292. The van der Waals surface area contributed by atoms with Crippen LogP contribution in [-0.4, -0.2) is 42.9 Å². The fourth-order valence-corrected chi connectivity index (χ4v) is 4.42. The lowest BCUT2D eigenvalue weighted by Crippen LogP contribution is -2.50. The summed E-state index contributed by atoms with van der Waals surface area (Å²) in [4.78, 5) is 38.2. The van der Waals surface area contributed by atoms with Crippen LogP contribution in [0.1, 0.15) is 39.3 Å². The van der Waals surface area contributed by atoms with Crippen molar-refractivity contribution in [1.82, 2.24) is 24.6 Å². The molecule has 2 aromatic carbocycles. The Morgan fingerprint density at radius 3 is 2.29 bits per heavy atom. The molecule has 2 amide bonds. The minimum Gasteiger partial charge on any atom is -0.341 e. The van der Waals surface area contributed by atoms with Gasteiger partial charge in [-0.15, -0.1) is 10.2 Å². The topological polar surface area (TPSA) is 111 Å². The number of carbonyl (C=O) groups excluding carboxylic acids is 2. The first-order valence-corrected chi connectivity index (χ1v) is 13.5.